The van der Waals surface area contributed by atoms with Gasteiger partial charge in [-0.1, -0.05) is 18.2 Å². The van der Waals surface area contributed by atoms with E-state index in [1.165, 1.54) is 13.2 Å². The van der Waals surface area contributed by atoms with E-state index in [9.17, 15) is 19.5 Å². The van der Waals surface area contributed by atoms with Crippen LogP contribution in [0.1, 0.15) is 17.3 Å². The molecule has 0 spiro atoms. The summed E-state index contributed by atoms with van der Waals surface area (Å²) in [4.78, 5) is 35.8. The highest BCUT2D eigenvalue weighted by molar-refractivity contribution is 5.98. The average molecular weight is 331 g/mol. The maximum Gasteiger partial charge on any atom is 0.337 e. The Hall–Kier alpha value is -2.67. The molecule has 0 unspecified atom stereocenters. The Bertz CT molecular complexity index is 742. The largest absolute Gasteiger partial charge is 0.481 e. The van der Waals surface area contributed by atoms with E-state index in [0.29, 0.717) is 11.3 Å². The van der Waals surface area contributed by atoms with Gasteiger partial charge in [-0.2, -0.15) is 0 Å². The smallest absolute Gasteiger partial charge is 0.337 e. The number of benzene rings is 1. The molecule has 0 saturated carbocycles. The van der Waals surface area contributed by atoms with Crippen LogP contribution in [0.15, 0.2) is 36.4 Å². The van der Waals surface area contributed by atoms with E-state index < -0.39 is 41.4 Å². The van der Waals surface area contributed by atoms with Crippen molar-refractivity contribution in [1.29, 1.82) is 0 Å². The molecular weight excluding hydrogens is 314 g/mol. The van der Waals surface area contributed by atoms with Gasteiger partial charge in [0.15, 0.2) is 0 Å². The SMILES string of the molecule is COC(=O)c1cccc(NC(=O)[C@H]2[C@H](C(=O)O)[C@H]3C=C[C@@]2(C)O3)c1. The van der Waals surface area contributed by atoms with Gasteiger partial charge in [0, 0.05) is 5.69 Å². The van der Waals surface area contributed by atoms with Crippen LogP contribution in [-0.2, 0) is 19.1 Å². The second-order valence-corrected chi connectivity index (χ2v) is 6.03. The number of ether oxygens (including phenoxy) is 2. The van der Waals surface area contributed by atoms with Crippen molar-refractivity contribution in [3.63, 3.8) is 0 Å². The average Bonchev–Trinajstić information content (AvgIpc) is 3.07. The number of amides is 1. The number of rotatable bonds is 4. The van der Waals surface area contributed by atoms with E-state index in [4.69, 9.17) is 4.74 Å². The summed E-state index contributed by atoms with van der Waals surface area (Å²) in [5.74, 6) is -3.85. The summed E-state index contributed by atoms with van der Waals surface area (Å²) in [6.07, 6.45) is 2.80. The van der Waals surface area contributed by atoms with Crippen molar-refractivity contribution in [2.45, 2.75) is 18.6 Å². The summed E-state index contributed by atoms with van der Waals surface area (Å²) in [6.45, 7) is 1.70. The van der Waals surface area contributed by atoms with Gasteiger partial charge in [0.05, 0.1) is 30.3 Å². The zero-order valence-corrected chi connectivity index (χ0v) is 13.2. The lowest BCUT2D eigenvalue weighted by Gasteiger charge is -2.27. The van der Waals surface area contributed by atoms with Crippen LogP contribution in [0.25, 0.3) is 0 Å². The van der Waals surface area contributed by atoms with E-state index in [1.807, 2.05) is 0 Å². The summed E-state index contributed by atoms with van der Waals surface area (Å²) < 4.78 is 10.3. The van der Waals surface area contributed by atoms with Crippen LogP contribution >= 0.6 is 0 Å². The van der Waals surface area contributed by atoms with E-state index in [0.717, 1.165) is 0 Å². The van der Waals surface area contributed by atoms with Crippen molar-refractivity contribution in [3.8, 4) is 0 Å². The number of carbonyl (C=O) groups is 3. The molecule has 7 nitrogen and oxygen atoms in total. The van der Waals surface area contributed by atoms with Gasteiger partial charge >= 0.3 is 11.9 Å². The van der Waals surface area contributed by atoms with Crippen molar-refractivity contribution in [2.24, 2.45) is 11.8 Å². The fraction of sp³-hybridized carbons (Fsp3) is 0.353. The van der Waals surface area contributed by atoms with Crippen molar-refractivity contribution in [1.82, 2.24) is 0 Å². The zero-order chi connectivity index (χ0) is 17.5. The van der Waals surface area contributed by atoms with Gasteiger partial charge in [0.1, 0.15) is 5.92 Å². The van der Waals surface area contributed by atoms with Gasteiger partial charge in [-0.05, 0) is 25.1 Å². The number of carboxylic acids is 1. The fourth-order valence-electron chi connectivity index (χ4n) is 3.34. The number of carbonyl (C=O) groups excluding carboxylic acids is 2. The van der Waals surface area contributed by atoms with Crippen LogP contribution in [0.3, 0.4) is 0 Å². The van der Waals surface area contributed by atoms with Crippen molar-refractivity contribution in [2.75, 3.05) is 12.4 Å². The molecule has 0 radical (unpaired) electrons. The molecule has 1 saturated heterocycles. The Morgan fingerprint density at radius 3 is 2.75 bits per heavy atom. The molecule has 2 aliphatic rings. The summed E-state index contributed by atoms with van der Waals surface area (Å²) in [6, 6.07) is 6.26. The first-order valence-corrected chi connectivity index (χ1v) is 7.45. The van der Waals surface area contributed by atoms with Gasteiger partial charge in [-0.3, -0.25) is 9.59 Å². The molecule has 2 N–H and O–H groups in total. The molecule has 2 heterocycles. The molecule has 1 fully saturated rings. The summed E-state index contributed by atoms with van der Waals surface area (Å²) in [5, 5.41) is 12.1. The monoisotopic (exact) mass is 331 g/mol. The van der Waals surface area contributed by atoms with E-state index in [2.05, 4.69) is 10.1 Å². The molecule has 1 aromatic rings. The second kappa shape index (κ2) is 5.76. The summed E-state index contributed by atoms with van der Waals surface area (Å²) >= 11 is 0. The number of carboxylic acid groups (broad SMARTS) is 1. The lowest BCUT2D eigenvalue weighted by atomic mass is 9.75. The van der Waals surface area contributed by atoms with E-state index in [1.54, 1.807) is 37.3 Å². The molecule has 0 aliphatic carbocycles. The number of methoxy groups -OCH3 is 1. The first kappa shape index (κ1) is 16.2. The van der Waals surface area contributed by atoms with Crippen LogP contribution in [0.5, 0.6) is 0 Å². The summed E-state index contributed by atoms with van der Waals surface area (Å²) in [5.41, 5.74) is -0.264. The van der Waals surface area contributed by atoms with Crippen molar-refractivity contribution >= 4 is 23.5 Å². The number of hydrogen-bond donors (Lipinski definition) is 2. The molecule has 0 aromatic heterocycles. The van der Waals surface area contributed by atoms with Gasteiger partial charge in [0.25, 0.3) is 0 Å². The maximum absolute atomic E-state index is 12.7. The van der Waals surface area contributed by atoms with Crippen LogP contribution in [0.4, 0.5) is 5.69 Å². The molecule has 4 atom stereocenters. The quantitative estimate of drug-likeness (QED) is 0.640. The van der Waals surface area contributed by atoms with Crippen LogP contribution < -0.4 is 5.32 Å². The molecule has 2 aliphatic heterocycles. The zero-order valence-electron chi connectivity index (χ0n) is 13.2. The number of esters is 1. The molecule has 126 valence electrons. The second-order valence-electron chi connectivity index (χ2n) is 6.03. The predicted molar refractivity (Wildman–Crippen MR) is 83.4 cm³/mol. The minimum Gasteiger partial charge on any atom is -0.481 e. The van der Waals surface area contributed by atoms with Gasteiger partial charge in [-0.15, -0.1) is 0 Å². The predicted octanol–water partition coefficient (Wildman–Crippen LogP) is 1.46. The van der Waals surface area contributed by atoms with Crippen molar-refractivity contribution in [3.05, 3.63) is 42.0 Å². The minimum absolute atomic E-state index is 0.292. The number of anilines is 1. The maximum atomic E-state index is 12.7. The highest BCUT2D eigenvalue weighted by Crippen LogP contribution is 2.47. The molecule has 1 aromatic carbocycles. The highest BCUT2D eigenvalue weighted by atomic mass is 16.5. The van der Waals surface area contributed by atoms with Crippen molar-refractivity contribution < 1.29 is 29.0 Å². The van der Waals surface area contributed by atoms with Crippen LogP contribution in [0.2, 0.25) is 0 Å². The van der Waals surface area contributed by atoms with Gasteiger partial charge < -0.3 is 19.9 Å². The lowest BCUT2D eigenvalue weighted by Crippen LogP contribution is -2.44. The Labute approximate surface area is 138 Å². The topological polar surface area (TPSA) is 102 Å². The van der Waals surface area contributed by atoms with Gasteiger partial charge in [0.2, 0.25) is 5.91 Å². The molecular formula is C17H17NO6. The Morgan fingerprint density at radius 2 is 2.08 bits per heavy atom. The van der Waals surface area contributed by atoms with E-state index in [-0.39, 0.29) is 0 Å². The van der Waals surface area contributed by atoms with Gasteiger partial charge in [-0.25, -0.2) is 4.79 Å². The third-order valence-electron chi connectivity index (χ3n) is 4.46. The third kappa shape index (κ3) is 2.56. The minimum atomic E-state index is -1.07. The molecule has 2 bridgehead atoms. The Kier molecular flexibility index (Phi) is 3.88. The molecule has 7 heteroatoms. The molecule has 3 rings (SSSR count). The number of hydrogen-bond acceptors (Lipinski definition) is 5. The highest BCUT2D eigenvalue weighted by Gasteiger charge is 2.59. The number of fused-ring (bicyclic) bond motifs is 2. The van der Waals surface area contributed by atoms with Crippen LogP contribution in [-0.4, -0.2) is 41.8 Å². The number of aliphatic carboxylic acids is 1. The van der Waals surface area contributed by atoms with Crippen LogP contribution in [0, 0.1) is 11.8 Å². The molecule has 24 heavy (non-hydrogen) atoms. The first-order chi connectivity index (χ1) is 11.4. The fourth-order valence-corrected chi connectivity index (χ4v) is 3.34. The third-order valence-corrected chi connectivity index (χ3v) is 4.46. The van der Waals surface area contributed by atoms with E-state index >= 15 is 0 Å². The lowest BCUT2D eigenvalue weighted by molar-refractivity contribution is -0.146. The Morgan fingerprint density at radius 1 is 1.33 bits per heavy atom. The Balaban J connectivity index is 1.83. The number of nitrogens with one attached hydrogen (secondary N) is 1. The molecule has 1 amide bonds. The first-order valence-electron chi connectivity index (χ1n) is 7.45. The normalized spacial score (nSPS) is 30.2. The summed E-state index contributed by atoms with van der Waals surface area (Å²) in [7, 11) is 1.27. The standard InChI is InChI=1S/C17H17NO6/c1-17-7-6-11(24-17)12(15(20)21)13(17)14(19)18-10-5-3-4-9(8-10)16(22)23-2/h3-8,11-13H,1-2H3,(H,18,19)(H,20,21)/t11-,12-,13-,17-/m1/s1.